The highest BCUT2D eigenvalue weighted by Gasteiger charge is 2.42. The number of thiophene rings is 1. The van der Waals surface area contributed by atoms with E-state index in [2.05, 4.69) is 0 Å². The molecule has 1 N–H and O–H groups in total. The first-order valence-corrected chi connectivity index (χ1v) is 8.67. The maximum Gasteiger partial charge on any atom is 0.327 e. The zero-order chi connectivity index (χ0) is 15.2. The molecule has 1 aliphatic rings. The lowest BCUT2D eigenvalue weighted by molar-refractivity contribution is -0.141. The largest absolute Gasteiger partial charge is 0.480 e. The number of rotatable bonds is 3. The summed E-state index contributed by atoms with van der Waals surface area (Å²) in [5.41, 5.74) is 0.872. The van der Waals surface area contributed by atoms with Gasteiger partial charge in [-0.3, -0.25) is 4.79 Å². The van der Waals surface area contributed by atoms with Crippen molar-refractivity contribution >= 4 is 38.9 Å². The highest BCUT2D eigenvalue weighted by molar-refractivity contribution is 7.89. The van der Waals surface area contributed by atoms with Gasteiger partial charge in [-0.1, -0.05) is 0 Å². The van der Waals surface area contributed by atoms with E-state index in [9.17, 15) is 18.3 Å². The number of hydrogen-bond acceptors (Lipinski definition) is 5. The van der Waals surface area contributed by atoms with E-state index >= 15 is 0 Å². The van der Waals surface area contributed by atoms with Crippen LogP contribution < -0.4 is 0 Å². The number of furan rings is 1. The van der Waals surface area contributed by atoms with Crippen LogP contribution in [-0.2, 0) is 21.2 Å². The molecule has 1 atom stereocenters. The molecule has 0 saturated carbocycles. The minimum Gasteiger partial charge on any atom is -0.480 e. The normalized spacial score (nSPS) is 19.4. The summed E-state index contributed by atoms with van der Waals surface area (Å²) in [6, 6.07) is 3.12. The number of nitrogens with zero attached hydrogens (tertiary/aromatic N) is 1. The zero-order valence-corrected chi connectivity index (χ0v) is 12.9. The van der Waals surface area contributed by atoms with E-state index in [4.69, 9.17) is 16.0 Å². The Hall–Kier alpha value is -1.35. The Bertz CT molecular complexity index is 794. The Labute approximate surface area is 129 Å². The lowest BCUT2D eigenvalue weighted by Gasteiger charge is -2.31. The zero-order valence-electron chi connectivity index (χ0n) is 10.5. The molecule has 6 nitrogen and oxygen atoms in total. The fraction of sp³-hybridized carbons (Fsp3) is 0.250. The maximum absolute atomic E-state index is 12.6. The van der Waals surface area contributed by atoms with Crippen molar-refractivity contribution in [2.45, 2.75) is 17.6 Å². The lowest BCUT2D eigenvalue weighted by atomic mass is 10.0. The van der Waals surface area contributed by atoms with Gasteiger partial charge in [0.1, 0.15) is 0 Å². The number of carbonyl (C=O) groups is 1. The van der Waals surface area contributed by atoms with E-state index in [0.717, 1.165) is 9.87 Å². The summed E-state index contributed by atoms with van der Waals surface area (Å²) in [6.07, 6.45) is 0.469. The molecule has 0 fully saturated rings. The first kappa shape index (κ1) is 14.6. The molecule has 0 saturated heterocycles. The number of hydrogen-bond donors (Lipinski definition) is 1. The van der Waals surface area contributed by atoms with Gasteiger partial charge in [0.05, 0.1) is 0 Å². The molecule has 21 heavy (non-hydrogen) atoms. The number of carboxylic acids is 1. The molecule has 0 amide bonds. The van der Waals surface area contributed by atoms with Gasteiger partial charge in [0.2, 0.25) is 5.09 Å². The quantitative estimate of drug-likeness (QED) is 0.920. The molecular formula is C12H10ClNO5S2. The summed E-state index contributed by atoms with van der Waals surface area (Å²) in [4.78, 5) is 12.1. The standard InChI is InChI=1S/C12H10ClNO5S2/c13-8-1-2-9(19-8)21(17,18)14-5-3-7-4-6-20-11(7)10(14)12(15)16/h1-2,4,6,10H,3,5H2,(H,15,16). The van der Waals surface area contributed by atoms with Crippen molar-refractivity contribution < 1.29 is 22.7 Å². The number of fused-ring (bicyclic) bond motifs is 1. The third-order valence-electron chi connectivity index (χ3n) is 3.26. The van der Waals surface area contributed by atoms with Gasteiger partial charge in [0.25, 0.3) is 10.0 Å². The molecule has 2 aromatic rings. The van der Waals surface area contributed by atoms with Crippen LogP contribution in [0, 0.1) is 0 Å². The van der Waals surface area contributed by atoms with Crippen LogP contribution in [0.3, 0.4) is 0 Å². The molecule has 0 aromatic carbocycles. The van der Waals surface area contributed by atoms with Gasteiger partial charge >= 0.3 is 5.97 Å². The van der Waals surface area contributed by atoms with Gasteiger partial charge in [-0.25, -0.2) is 8.42 Å². The van der Waals surface area contributed by atoms with Crippen molar-refractivity contribution in [2.75, 3.05) is 6.54 Å². The predicted molar refractivity (Wildman–Crippen MR) is 76.0 cm³/mol. The summed E-state index contributed by atoms with van der Waals surface area (Å²) >= 11 is 6.84. The summed E-state index contributed by atoms with van der Waals surface area (Å²) in [6.45, 7) is 0.0847. The molecule has 2 aromatic heterocycles. The second kappa shape index (κ2) is 5.13. The first-order valence-electron chi connectivity index (χ1n) is 5.97. The SMILES string of the molecule is O=C(O)C1c2sccc2CCN1S(=O)(=O)c1ccc(Cl)o1. The van der Waals surface area contributed by atoms with Crippen molar-refractivity contribution in [2.24, 2.45) is 0 Å². The van der Waals surface area contributed by atoms with Crippen LogP contribution in [0.4, 0.5) is 0 Å². The predicted octanol–water partition coefficient (Wildman–Crippen LogP) is 2.37. The molecule has 1 unspecified atom stereocenters. The number of aliphatic carboxylic acids is 1. The van der Waals surface area contributed by atoms with Crippen molar-refractivity contribution in [1.29, 1.82) is 0 Å². The van der Waals surface area contributed by atoms with Crippen molar-refractivity contribution in [3.63, 3.8) is 0 Å². The molecule has 9 heteroatoms. The van der Waals surface area contributed by atoms with Gasteiger partial charge in [-0.05, 0) is 47.2 Å². The summed E-state index contributed by atoms with van der Waals surface area (Å²) in [5.74, 6) is -1.21. The molecule has 0 spiro atoms. The average molecular weight is 348 g/mol. The van der Waals surface area contributed by atoms with Crippen LogP contribution in [0.1, 0.15) is 16.5 Å². The molecule has 3 rings (SSSR count). The van der Waals surface area contributed by atoms with Crippen LogP contribution in [0.2, 0.25) is 5.22 Å². The highest BCUT2D eigenvalue weighted by atomic mass is 35.5. The van der Waals surface area contributed by atoms with Crippen molar-refractivity contribution in [3.8, 4) is 0 Å². The van der Waals surface area contributed by atoms with Crippen LogP contribution in [-0.4, -0.2) is 30.3 Å². The number of carboxylic acid groups (broad SMARTS) is 1. The summed E-state index contributed by atoms with van der Waals surface area (Å²) < 4.78 is 31.0. The van der Waals surface area contributed by atoms with Crippen LogP contribution in [0.5, 0.6) is 0 Å². The highest BCUT2D eigenvalue weighted by Crippen LogP contribution is 2.37. The third-order valence-corrected chi connectivity index (χ3v) is 6.22. The molecular weight excluding hydrogens is 338 g/mol. The van der Waals surface area contributed by atoms with Crippen LogP contribution >= 0.6 is 22.9 Å². The van der Waals surface area contributed by atoms with Gasteiger partial charge in [-0.2, -0.15) is 4.31 Å². The minimum atomic E-state index is -4.05. The number of sulfonamides is 1. The van der Waals surface area contributed by atoms with E-state index in [1.54, 1.807) is 5.38 Å². The molecule has 0 bridgehead atoms. The van der Waals surface area contributed by atoms with Crippen molar-refractivity contribution in [1.82, 2.24) is 4.31 Å². The summed E-state index contributed by atoms with van der Waals surface area (Å²) in [7, 11) is -4.05. The topological polar surface area (TPSA) is 87.8 Å². The summed E-state index contributed by atoms with van der Waals surface area (Å²) in [5, 5.41) is 10.8. The Morgan fingerprint density at radius 1 is 1.43 bits per heavy atom. The molecule has 3 heterocycles. The Morgan fingerprint density at radius 3 is 2.81 bits per heavy atom. The third kappa shape index (κ3) is 2.38. The Morgan fingerprint density at radius 2 is 2.19 bits per heavy atom. The van der Waals surface area contributed by atoms with Crippen LogP contribution in [0.25, 0.3) is 0 Å². The fourth-order valence-corrected chi connectivity index (χ4v) is 5.12. The van der Waals surface area contributed by atoms with E-state index < -0.39 is 22.0 Å². The van der Waals surface area contributed by atoms with Gasteiger partial charge in [0, 0.05) is 11.4 Å². The van der Waals surface area contributed by atoms with E-state index in [1.807, 2.05) is 6.07 Å². The fourth-order valence-electron chi connectivity index (χ4n) is 2.33. The van der Waals surface area contributed by atoms with E-state index in [-0.39, 0.29) is 16.9 Å². The number of halogens is 1. The monoisotopic (exact) mass is 347 g/mol. The van der Waals surface area contributed by atoms with E-state index in [1.165, 1.54) is 23.5 Å². The second-order valence-corrected chi connectivity index (χ2v) is 7.62. The minimum absolute atomic E-state index is 0.0609. The van der Waals surface area contributed by atoms with E-state index in [0.29, 0.717) is 11.3 Å². The first-order chi connectivity index (χ1) is 9.91. The molecule has 1 aliphatic heterocycles. The van der Waals surface area contributed by atoms with Gasteiger partial charge < -0.3 is 9.52 Å². The molecule has 0 radical (unpaired) electrons. The average Bonchev–Trinajstić information content (AvgIpc) is 3.05. The smallest absolute Gasteiger partial charge is 0.327 e. The Kier molecular flexibility index (Phi) is 3.56. The second-order valence-electron chi connectivity index (χ2n) is 4.48. The van der Waals surface area contributed by atoms with Crippen LogP contribution in [0.15, 0.2) is 33.1 Å². The molecule has 0 aliphatic carbocycles. The van der Waals surface area contributed by atoms with Crippen molar-refractivity contribution in [3.05, 3.63) is 39.2 Å². The van der Waals surface area contributed by atoms with Gasteiger partial charge in [0.15, 0.2) is 11.3 Å². The maximum atomic E-state index is 12.6. The Balaban J connectivity index is 2.08. The molecule has 112 valence electrons. The van der Waals surface area contributed by atoms with Gasteiger partial charge in [-0.15, -0.1) is 11.3 Å². The lowest BCUT2D eigenvalue weighted by Crippen LogP contribution is -2.42.